The van der Waals surface area contributed by atoms with Gasteiger partial charge in [0.05, 0.1) is 19.3 Å². The predicted octanol–water partition coefficient (Wildman–Crippen LogP) is 1.41. The lowest BCUT2D eigenvalue weighted by atomic mass is 10.2. The fourth-order valence-corrected chi connectivity index (χ4v) is 1.89. The second-order valence-electron chi connectivity index (χ2n) is 3.40. The summed E-state index contributed by atoms with van der Waals surface area (Å²) in [6.45, 7) is 1.67. The van der Waals surface area contributed by atoms with Gasteiger partial charge in [0.1, 0.15) is 5.75 Å². The number of benzene rings is 1. The van der Waals surface area contributed by atoms with E-state index in [1.807, 2.05) is 0 Å². The van der Waals surface area contributed by atoms with E-state index in [9.17, 15) is 4.79 Å². The van der Waals surface area contributed by atoms with E-state index in [1.165, 1.54) is 0 Å². The van der Waals surface area contributed by atoms with Crippen molar-refractivity contribution in [2.45, 2.75) is 13.0 Å². The fourth-order valence-electron chi connectivity index (χ4n) is 1.15. The number of rotatable bonds is 4. The first kappa shape index (κ1) is 13.2. The van der Waals surface area contributed by atoms with E-state index in [-0.39, 0.29) is 18.6 Å². The summed E-state index contributed by atoms with van der Waals surface area (Å²) in [5.74, 6) is 0.532. The highest BCUT2D eigenvalue weighted by Gasteiger charge is 2.12. The molecule has 88 valence electrons. The van der Waals surface area contributed by atoms with Crippen molar-refractivity contribution in [3.05, 3.63) is 27.3 Å². The molecular formula is C11H14INO3. The van der Waals surface area contributed by atoms with Gasteiger partial charge in [-0.25, -0.2) is 0 Å². The number of amides is 1. The van der Waals surface area contributed by atoms with E-state index in [1.54, 1.807) is 32.2 Å². The SMILES string of the molecule is COc1ccc(C(=O)NC(C)CO)c(I)c1. The van der Waals surface area contributed by atoms with Gasteiger partial charge >= 0.3 is 0 Å². The number of nitrogens with one attached hydrogen (secondary N) is 1. The van der Waals surface area contributed by atoms with Crippen molar-refractivity contribution in [3.8, 4) is 5.75 Å². The predicted molar refractivity (Wildman–Crippen MR) is 69.7 cm³/mol. The molecule has 0 aliphatic carbocycles. The summed E-state index contributed by atoms with van der Waals surface area (Å²) < 4.78 is 5.87. The molecule has 4 nitrogen and oxygen atoms in total. The van der Waals surface area contributed by atoms with Crippen LogP contribution in [0.2, 0.25) is 0 Å². The molecule has 0 heterocycles. The van der Waals surface area contributed by atoms with Crippen molar-refractivity contribution < 1.29 is 14.6 Å². The van der Waals surface area contributed by atoms with Crippen LogP contribution in [0.5, 0.6) is 5.75 Å². The van der Waals surface area contributed by atoms with E-state index in [0.29, 0.717) is 5.56 Å². The Kier molecular flexibility index (Phi) is 5.01. The Hall–Kier alpha value is -0.820. The Morgan fingerprint density at radius 3 is 2.81 bits per heavy atom. The van der Waals surface area contributed by atoms with Crippen molar-refractivity contribution in [2.24, 2.45) is 0 Å². The highest BCUT2D eigenvalue weighted by atomic mass is 127. The van der Waals surface area contributed by atoms with Crippen molar-refractivity contribution in [3.63, 3.8) is 0 Å². The second-order valence-corrected chi connectivity index (χ2v) is 4.57. The number of methoxy groups -OCH3 is 1. The molecule has 1 aromatic rings. The van der Waals surface area contributed by atoms with Crippen molar-refractivity contribution in [1.82, 2.24) is 5.32 Å². The molecule has 1 unspecified atom stereocenters. The van der Waals surface area contributed by atoms with E-state index in [2.05, 4.69) is 27.9 Å². The minimum atomic E-state index is -0.245. The lowest BCUT2D eigenvalue weighted by Crippen LogP contribution is -2.35. The average Bonchev–Trinajstić information content (AvgIpc) is 2.28. The molecule has 16 heavy (non-hydrogen) atoms. The molecule has 0 bridgehead atoms. The largest absolute Gasteiger partial charge is 0.497 e. The molecule has 0 saturated carbocycles. The van der Waals surface area contributed by atoms with Crippen LogP contribution in [-0.4, -0.2) is 30.8 Å². The summed E-state index contributed by atoms with van der Waals surface area (Å²) in [6, 6.07) is 4.99. The van der Waals surface area contributed by atoms with Crippen LogP contribution in [0.4, 0.5) is 0 Å². The van der Waals surface area contributed by atoms with Gasteiger partial charge in [0.2, 0.25) is 0 Å². The molecular weight excluding hydrogens is 321 g/mol. The Balaban J connectivity index is 2.84. The number of carbonyl (C=O) groups is 1. The number of halogens is 1. The smallest absolute Gasteiger partial charge is 0.252 e. The second kappa shape index (κ2) is 6.05. The third-order valence-corrected chi connectivity index (χ3v) is 2.96. The Morgan fingerprint density at radius 2 is 2.31 bits per heavy atom. The maximum atomic E-state index is 11.8. The highest BCUT2D eigenvalue weighted by Crippen LogP contribution is 2.19. The third kappa shape index (κ3) is 3.34. The van der Waals surface area contributed by atoms with Crippen molar-refractivity contribution >= 4 is 28.5 Å². The Bertz CT molecular complexity index is 381. The normalized spacial score (nSPS) is 12.0. The van der Waals surface area contributed by atoms with Gasteiger partial charge in [-0.15, -0.1) is 0 Å². The van der Waals surface area contributed by atoms with Crippen LogP contribution < -0.4 is 10.1 Å². The topological polar surface area (TPSA) is 58.6 Å². The van der Waals surface area contributed by atoms with Gasteiger partial charge in [-0.3, -0.25) is 4.79 Å². The quantitative estimate of drug-likeness (QED) is 0.818. The van der Waals surface area contributed by atoms with Gasteiger partial charge in [-0.1, -0.05) is 0 Å². The first-order valence-corrected chi connectivity index (χ1v) is 5.91. The molecule has 0 aliphatic rings. The fraction of sp³-hybridized carbons (Fsp3) is 0.364. The van der Waals surface area contributed by atoms with Gasteiger partial charge in [-0.05, 0) is 47.7 Å². The summed E-state index contributed by atoms with van der Waals surface area (Å²) in [6.07, 6.45) is 0. The van der Waals surface area contributed by atoms with Gasteiger partial charge < -0.3 is 15.2 Å². The molecule has 1 aromatic carbocycles. The molecule has 0 saturated heterocycles. The number of hydrogen-bond acceptors (Lipinski definition) is 3. The minimum absolute atomic E-state index is 0.0710. The third-order valence-electron chi connectivity index (χ3n) is 2.07. The van der Waals surface area contributed by atoms with Crippen LogP contribution in [0.25, 0.3) is 0 Å². The zero-order valence-corrected chi connectivity index (χ0v) is 11.3. The van der Waals surface area contributed by atoms with Crippen LogP contribution in [0.15, 0.2) is 18.2 Å². The standard InChI is InChI=1S/C11H14INO3/c1-7(6-14)13-11(15)9-4-3-8(16-2)5-10(9)12/h3-5,7,14H,6H2,1-2H3,(H,13,15). The molecule has 0 aliphatic heterocycles. The van der Waals surface area contributed by atoms with Crippen LogP contribution in [0.3, 0.4) is 0 Å². The number of carbonyl (C=O) groups excluding carboxylic acids is 1. The number of hydrogen-bond donors (Lipinski definition) is 2. The Morgan fingerprint density at radius 1 is 1.62 bits per heavy atom. The van der Waals surface area contributed by atoms with Crippen LogP contribution in [-0.2, 0) is 0 Å². The van der Waals surface area contributed by atoms with Crippen molar-refractivity contribution in [1.29, 1.82) is 0 Å². The summed E-state index contributed by atoms with van der Waals surface area (Å²) >= 11 is 2.08. The van der Waals surface area contributed by atoms with E-state index in [4.69, 9.17) is 9.84 Å². The molecule has 1 rings (SSSR count). The molecule has 1 amide bonds. The van der Waals surface area contributed by atoms with Crippen LogP contribution in [0, 0.1) is 3.57 Å². The van der Waals surface area contributed by atoms with Gasteiger partial charge in [0.15, 0.2) is 0 Å². The van der Waals surface area contributed by atoms with Crippen LogP contribution >= 0.6 is 22.6 Å². The first-order chi connectivity index (χ1) is 7.58. The lowest BCUT2D eigenvalue weighted by Gasteiger charge is -2.12. The first-order valence-electron chi connectivity index (χ1n) is 4.83. The number of aliphatic hydroxyl groups is 1. The lowest BCUT2D eigenvalue weighted by molar-refractivity contribution is 0.0921. The molecule has 1 atom stereocenters. The Labute approximate surface area is 108 Å². The van der Waals surface area contributed by atoms with E-state index >= 15 is 0 Å². The molecule has 0 spiro atoms. The van der Waals surface area contributed by atoms with E-state index in [0.717, 1.165) is 9.32 Å². The average molecular weight is 335 g/mol. The maximum Gasteiger partial charge on any atom is 0.252 e. The molecule has 0 radical (unpaired) electrons. The van der Waals surface area contributed by atoms with Gasteiger partial charge in [-0.2, -0.15) is 0 Å². The van der Waals surface area contributed by atoms with E-state index < -0.39 is 0 Å². The van der Waals surface area contributed by atoms with Crippen molar-refractivity contribution in [2.75, 3.05) is 13.7 Å². The zero-order valence-electron chi connectivity index (χ0n) is 9.16. The summed E-state index contributed by atoms with van der Waals surface area (Å²) in [5, 5.41) is 11.5. The maximum absolute atomic E-state index is 11.8. The summed E-state index contributed by atoms with van der Waals surface area (Å²) in [7, 11) is 1.58. The monoisotopic (exact) mass is 335 g/mol. The number of aliphatic hydroxyl groups excluding tert-OH is 1. The molecule has 0 fully saturated rings. The summed E-state index contributed by atoms with van der Waals surface area (Å²) in [4.78, 5) is 11.8. The van der Waals surface area contributed by atoms with Gasteiger partial charge in [0.25, 0.3) is 5.91 Å². The molecule has 5 heteroatoms. The van der Waals surface area contributed by atoms with Gasteiger partial charge in [0, 0.05) is 9.61 Å². The number of ether oxygens (including phenoxy) is 1. The molecule has 0 aromatic heterocycles. The molecule has 2 N–H and O–H groups in total. The minimum Gasteiger partial charge on any atom is -0.497 e. The van der Waals surface area contributed by atoms with Crippen LogP contribution in [0.1, 0.15) is 17.3 Å². The zero-order chi connectivity index (χ0) is 12.1. The summed E-state index contributed by atoms with van der Waals surface area (Å²) in [5.41, 5.74) is 0.585. The highest BCUT2D eigenvalue weighted by molar-refractivity contribution is 14.1.